The van der Waals surface area contributed by atoms with Crippen molar-refractivity contribution in [2.45, 2.75) is 31.1 Å². The van der Waals surface area contributed by atoms with Gasteiger partial charge in [0.2, 0.25) is 11.8 Å². The number of hydrogen-bond donors (Lipinski definition) is 2. The van der Waals surface area contributed by atoms with Gasteiger partial charge in [-0.05, 0) is 83.9 Å². The number of nitrogens with zero attached hydrogens (tertiary/aromatic N) is 1. The Balaban J connectivity index is 1.19. The molecule has 2 fully saturated rings. The molecule has 2 aliphatic heterocycles. The molecule has 4 aromatic rings. The average Bonchev–Trinajstić information content (AvgIpc) is 3.43. The van der Waals surface area contributed by atoms with E-state index in [4.69, 9.17) is 4.74 Å². The van der Waals surface area contributed by atoms with Gasteiger partial charge in [0.1, 0.15) is 17.2 Å². The first kappa shape index (κ1) is 32.9. The molecule has 3 aliphatic carbocycles. The maximum Gasteiger partial charge on any atom is 0.233 e. The van der Waals surface area contributed by atoms with Crippen LogP contribution in [0.5, 0.6) is 17.2 Å². The summed E-state index contributed by atoms with van der Waals surface area (Å²) >= 11 is 0. The molecule has 2 N–H and O–H groups in total. The summed E-state index contributed by atoms with van der Waals surface area (Å²) in [4.78, 5) is 60.3. The lowest BCUT2D eigenvalue weighted by Gasteiger charge is -2.56. The number of carbonyl (C=O) groups excluding carboxylic acids is 4. The number of benzene rings is 4. The summed E-state index contributed by atoms with van der Waals surface area (Å²) < 4.78 is 6.20. The average molecular weight is 704 g/mol. The van der Waals surface area contributed by atoms with Crippen LogP contribution >= 0.6 is 0 Å². The maximum atomic E-state index is 15.2. The van der Waals surface area contributed by atoms with E-state index in [2.05, 4.69) is 6.08 Å². The lowest BCUT2D eigenvalue weighted by Crippen LogP contribution is -2.60. The molecule has 5 aliphatic rings. The molecule has 8 nitrogen and oxygen atoms in total. The first-order valence-electron chi connectivity index (χ1n) is 18.2. The Morgan fingerprint density at radius 3 is 2.26 bits per heavy atom. The SMILES string of the molecule is O=C1C(c2ccccc2)=CC(=O)C2(c3ccccc3)C1CC1C(=CCC3C(=O)N(CCc4ccc(O)cc4)C(=O)C31)C2C1=COc2ccc(O)cc2C1. The number of phenols is 2. The molecule has 0 bridgehead atoms. The highest BCUT2D eigenvalue weighted by Crippen LogP contribution is 2.63. The quantitative estimate of drug-likeness (QED) is 0.173. The van der Waals surface area contributed by atoms with Crippen LogP contribution in [0, 0.1) is 29.6 Å². The molecule has 6 atom stereocenters. The molecule has 0 spiro atoms. The van der Waals surface area contributed by atoms with Crippen LogP contribution in [-0.2, 0) is 37.4 Å². The molecular weight excluding hydrogens is 666 g/mol. The number of Topliss-reactive ketones (excluding diaryl/α,β-unsaturated/α-hetero) is 1. The highest BCUT2D eigenvalue weighted by atomic mass is 16.5. The molecule has 1 saturated carbocycles. The number of carbonyl (C=O) groups is 4. The Morgan fingerprint density at radius 2 is 1.51 bits per heavy atom. The van der Waals surface area contributed by atoms with E-state index >= 15 is 9.59 Å². The maximum absolute atomic E-state index is 15.2. The number of amides is 2. The molecule has 264 valence electrons. The van der Waals surface area contributed by atoms with E-state index in [-0.39, 0.29) is 47.8 Å². The van der Waals surface area contributed by atoms with Gasteiger partial charge in [-0.25, -0.2) is 0 Å². The Labute approximate surface area is 306 Å². The Hall–Kier alpha value is -6.02. The van der Waals surface area contributed by atoms with Gasteiger partial charge in [0.15, 0.2) is 11.6 Å². The first-order valence-corrected chi connectivity index (χ1v) is 18.2. The third kappa shape index (κ3) is 5.11. The number of aromatic hydroxyl groups is 2. The van der Waals surface area contributed by atoms with Crippen LogP contribution < -0.4 is 4.74 Å². The van der Waals surface area contributed by atoms with Gasteiger partial charge in [-0.3, -0.25) is 24.1 Å². The lowest BCUT2D eigenvalue weighted by atomic mass is 9.44. The normalized spacial score (nSPS) is 27.4. The topological polar surface area (TPSA) is 121 Å². The minimum absolute atomic E-state index is 0.0901. The number of likely N-dealkylation sites (tertiary alicyclic amines) is 1. The van der Waals surface area contributed by atoms with Gasteiger partial charge in [0.25, 0.3) is 0 Å². The number of phenolic OH excluding ortho intramolecular Hbond substituents is 2. The van der Waals surface area contributed by atoms with Gasteiger partial charge in [0, 0.05) is 35.9 Å². The third-order valence-electron chi connectivity index (χ3n) is 12.2. The van der Waals surface area contributed by atoms with Crippen molar-refractivity contribution < 1.29 is 34.1 Å². The summed E-state index contributed by atoms with van der Waals surface area (Å²) in [6.45, 7) is 0.204. The molecule has 6 unspecified atom stereocenters. The third-order valence-corrected chi connectivity index (χ3v) is 12.2. The number of ether oxygens (including phenoxy) is 1. The summed E-state index contributed by atoms with van der Waals surface area (Å²) in [5.41, 5.74) is 3.66. The van der Waals surface area contributed by atoms with Crippen molar-refractivity contribution in [3.05, 3.63) is 155 Å². The second-order valence-electron chi connectivity index (χ2n) is 14.8. The zero-order valence-electron chi connectivity index (χ0n) is 28.9. The standard InChI is InChI=1S/C45H37NO7/c47-31-13-11-26(12-14-31)19-20-46-43(51)34-17-16-33-36(40(34)44(46)52)23-37-42(50)35(27-7-3-1-4-8-27)24-39(49)45(37,30-9-5-2-6-10-30)41(33)29-21-28-22-32(48)15-18-38(28)53-25-29/h1-16,18,22,24-25,34,36-37,40-41,47-48H,17,19-21,23H2. The smallest absolute Gasteiger partial charge is 0.233 e. The number of imide groups is 1. The van der Waals surface area contributed by atoms with E-state index < -0.39 is 35.0 Å². The van der Waals surface area contributed by atoms with Crippen LogP contribution in [0.25, 0.3) is 5.57 Å². The van der Waals surface area contributed by atoms with Crippen LogP contribution in [0.3, 0.4) is 0 Å². The zero-order valence-corrected chi connectivity index (χ0v) is 28.9. The van der Waals surface area contributed by atoms with E-state index in [1.165, 1.54) is 11.0 Å². The van der Waals surface area contributed by atoms with Gasteiger partial charge >= 0.3 is 0 Å². The van der Waals surface area contributed by atoms with Crippen LogP contribution in [0.4, 0.5) is 0 Å². The molecule has 0 aromatic heterocycles. The van der Waals surface area contributed by atoms with E-state index in [1.807, 2.05) is 60.7 Å². The highest BCUT2D eigenvalue weighted by molar-refractivity contribution is 6.31. The number of allylic oxidation sites excluding steroid dienone is 5. The van der Waals surface area contributed by atoms with Crippen molar-refractivity contribution >= 4 is 29.0 Å². The number of fused-ring (bicyclic) bond motifs is 5. The summed E-state index contributed by atoms with van der Waals surface area (Å²) in [7, 11) is 0. The minimum Gasteiger partial charge on any atom is -0.508 e. The second kappa shape index (κ2) is 12.6. The molecule has 2 heterocycles. The molecule has 53 heavy (non-hydrogen) atoms. The van der Waals surface area contributed by atoms with Crippen molar-refractivity contribution in [2.75, 3.05) is 6.54 Å². The largest absolute Gasteiger partial charge is 0.508 e. The Bertz CT molecular complexity index is 2270. The van der Waals surface area contributed by atoms with Crippen LogP contribution in [0.2, 0.25) is 0 Å². The predicted molar refractivity (Wildman–Crippen MR) is 196 cm³/mol. The minimum atomic E-state index is -1.35. The fourth-order valence-electron chi connectivity index (χ4n) is 9.88. The van der Waals surface area contributed by atoms with Gasteiger partial charge in [-0.2, -0.15) is 0 Å². The molecule has 1 saturated heterocycles. The predicted octanol–water partition coefficient (Wildman–Crippen LogP) is 6.52. The summed E-state index contributed by atoms with van der Waals surface area (Å²) in [6, 6.07) is 30.4. The molecule has 9 rings (SSSR count). The molecule has 8 heteroatoms. The first-order chi connectivity index (χ1) is 25.8. The fraction of sp³-hybridized carbons (Fsp3) is 0.244. The van der Waals surface area contributed by atoms with Crippen molar-refractivity contribution in [3.63, 3.8) is 0 Å². The molecule has 0 radical (unpaired) electrons. The molecular formula is C45H37NO7. The van der Waals surface area contributed by atoms with Crippen LogP contribution in [-0.4, -0.2) is 45.0 Å². The number of ketones is 2. The number of rotatable bonds is 6. The van der Waals surface area contributed by atoms with E-state index in [9.17, 15) is 19.8 Å². The molecule has 2 amide bonds. The van der Waals surface area contributed by atoms with Crippen LogP contribution in [0.1, 0.15) is 35.1 Å². The number of hydrogen-bond acceptors (Lipinski definition) is 7. The van der Waals surface area contributed by atoms with Crippen LogP contribution in [0.15, 0.2) is 133 Å². The van der Waals surface area contributed by atoms with Gasteiger partial charge in [0.05, 0.1) is 23.5 Å². The van der Waals surface area contributed by atoms with Gasteiger partial charge < -0.3 is 14.9 Å². The van der Waals surface area contributed by atoms with E-state index in [0.717, 1.165) is 22.3 Å². The van der Waals surface area contributed by atoms with Crippen molar-refractivity contribution in [3.8, 4) is 17.2 Å². The van der Waals surface area contributed by atoms with Gasteiger partial charge in [-0.1, -0.05) is 84.4 Å². The summed E-state index contributed by atoms with van der Waals surface area (Å²) in [5.74, 6) is -3.24. The lowest BCUT2D eigenvalue weighted by molar-refractivity contribution is -0.140. The zero-order chi connectivity index (χ0) is 36.4. The Morgan fingerprint density at radius 1 is 0.792 bits per heavy atom. The van der Waals surface area contributed by atoms with Crippen molar-refractivity contribution in [1.82, 2.24) is 4.90 Å². The Kier molecular flexibility index (Phi) is 7.80. The van der Waals surface area contributed by atoms with E-state index in [1.54, 1.807) is 48.7 Å². The second-order valence-corrected chi connectivity index (χ2v) is 14.8. The van der Waals surface area contributed by atoms with Gasteiger partial charge in [-0.15, -0.1) is 0 Å². The van der Waals surface area contributed by atoms with Crippen molar-refractivity contribution in [2.24, 2.45) is 29.6 Å². The monoisotopic (exact) mass is 703 g/mol. The molecule has 4 aromatic carbocycles. The highest BCUT2D eigenvalue weighted by Gasteiger charge is 2.66. The van der Waals surface area contributed by atoms with E-state index in [0.29, 0.717) is 41.7 Å². The summed E-state index contributed by atoms with van der Waals surface area (Å²) in [6.07, 6.45) is 6.61. The fourth-order valence-corrected chi connectivity index (χ4v) is 9.88. The summed E-state index contributed by atoms with van der Waals surface area (Å²) in [5, 5.41) is 20.2. The van der Waals surface area contributed by atoms with Crippen molar-refractivity contribution in [1.29, 1.82) is 0 Å².